The number of carbonyl (C=O) groups is 2. The molecule has 2 N–H and O–H groups in total. The van der Waals surface area contributed by atoms with E-state index in [2.05, 4.69) is 47.6 Å². The predicted octanol–water partition coefficient (Wildman–Crippen LogP) is 4.09. The Hall–Kier alpha value is -2.86. The van der Waals surface area contributed by atoms with Crippen molar-refractivity contribution in [3.63, 3.8) is 0 Å². The number of amides is 3. The van der Waals surface area contributed by atoms with Crippen LogP contribution in [0, 0.1) is 5.92 Å². The number of piperidine rings is 1. The zero-order chi connectivity index (χ0) is 22.1. The molecule has 0 aliphatic carbocycles. The van der Waals surface area contributed by atoms with Gasteiger partial charge in [0.2, 0.25) is 5.91 Å². The maximum absolute atomic E-state index is 12.9. The van der Waals surface area contributed by atoms with Crippen LogP contribution in [0.4, 0.5) is 10.5 Å². The summed E-state index contributed by atoms with van der Waals surface area (Å²) in [6.45, 7) is 8.85. The van der Waals surface area contributed by atoms with E-state index in [1.54, 1.807) is 4.90 Å². The van der Waals surface area contributed by atoms with Crippen LogP contribution in [0.2, 0.25) is 0 Å². The summed E-state index contributed by atoms with van der Waals surface area (Å²) in [4.78, 5) is 29.6. The van der Waals surface area contributed by atoms with Crippen molar-refractivity contribution in [3.8, 4) is 0 Å². The molecule has 3 rings (SSSR count). The lowest BCUT2D eigenvalue weighted by Crippen LogP contribution is -2.46. The average Bonchev–Trinajstić information content (AvgIpc) is 2.82. The highest BCUT2D eigenvalue weighted by Gasteiger charge is 2.28. The van der Waals surface area contributed by atoms with Crippen LogP contribution >= 0.6 is 0 Å². The molecule has 1 aliphatic rings. The molecule has 1 fully saturated rings. The fourth-order valence-electron chi connectivity index (χ4n) is 4.00. The monoisotopic (exact) mass is 422 g/mol. The summed E-state index contributed by atoms with van der Waals surface area (Å²) in [6, 6.07) is 17.6. The zero-order valence-corrected chi connectivity index (χ0v) is 18.6. The molecule has 6 nitrogen and oxygen atoms in total. The van der Waals surface area contributed by atoms with Crippen LogP contribution in [0.3, 0.4) is 0 Å². The van der Waals surface area contributed by atoms with E-state index >= 15 is 0 Å². The lowest BCUT2D eigenvalue weighted by molar-refractivity contribution is -0.126. The van der Waals surface area contributed by atoms with Crippen molar-refractivity contribution in [2.24, 2.45) is 5.92 Å². The van der Waals surface area contributed by atoms with Crippen LogP contribution < -0.4 is 10.6 Å². The quantitative estimate of drug-likeness (QED) is 0.673. The number of anilines is 1. The third-order valence-corrected chi connectivity index (χ3v) is 5.96. The summed E-state index contributed by atoms with van der Waals surface area (Å²) < 4.78 is 0. The first-order chi connectivity index (χ1) is 15.1. The summed E-state index contributed by atoms with van der Waals surface area (Å²) in [5.74, 6) is -0.153. The number of rotatable bonds is 8. The van der Waals surface area contributed by atoms with Gasteiger partial charge in [0.05, 0.1) is 5.92 Å². The Labute approximate surface area is 185 Å². The van der Waals surface area contributed by atoms with Gasteiger partial charge >= 0.3 is 6.03 Å². The van der Waals surface area contributed by atoms with Gasteiger partial charge in [-0.3, -0.25) is 9.69 Å². The minimum atomic E-state index is -0.176. The van der Waals surface area contributed by atoms with Crippen LogP contribution in [-0.4, -0.2) is 47.9 Å². The number of likely N-dealkylation sites (tertiary alicyclic amines) is 1. The molecule has 0 radical (unpaired) electrons. The highest BCUT2D eigenvalue weighted by Crippen LogP contribution is 2.19. The number of nitrogens with zero attached hydrogens (tertiary/aromatic N) is 2. The second kappa shape index (κ2) is 11.5. The molecule has 2 aromatic carbocycles. The Kier molecular flexibility index (Phi) is 8.47. The van der Waals surface area contributed by atoms with Crippen molar-refractivity contribution < 1.29 is 9.59 Å². The maximum atomic E-state index is 12.9. The smallest absolute Gasteiger partial charge is 0.321 e. The minimum absolute atomic E-state index is 0.0230. The first-order valence-electron chi connectivity index (χ1n) is 11.3. The van der Waals surface area contributed by atoms with Gasteiger partial charge in [-0.2, -0.15) is 0 Å². The fourth-order valence-corrected chi connectivity index (χ4v) is 4.00. The van der Waals surface area contributed by atoms with E-state index in [-0.39, 0.29) is 17.9 Å². The van der Waals surface area contributed by atoms with E-state index in [1.165, 1.54) is 5.56 Å². The first kappa shape index (κ1) is 22.8. The minimum Gasteiger partial charge on any atom is -0.352 e. The van der Waals surface area contributed by atoms with Crippen LogP contribution in [-0.2, 0) is 17.9 Å². The Morgan fingerprint density at radius 2 is 1.68 bits per heavy atom. The summed E-state index contributed by atoms with van der Waals surface area (Å²) >= 11 is 0. The maximum Gasteiger partial charge on any atom is 0.321 e. The topological polar surface area (TPSA) is 64.7 Å². The Morgan fingerprint density at radius 3 is 2.39 bits per heavy atom. The highest BCUT2D eigenvalue weighted by molar-refractivity contribution is 5.90. The van der Waals surface area contributed by atoms with E-state index in [0.29, 0.717) is 19.6 Å². The third-order valence-electron chi connectivity index (χ3n) is 5.96. The molecule has 166 valence electrons. The standard InChI is InChI=1S/C25H34N4O2/c1-3-28(4-2)18-21-12-9-8-11-20(21)17-26-24(30)22-13-10-16-29(19-22)25(31)27-23-14-6-5-7-15-23/h5-9,11-12,14-15,22H,3-4,10,13,16-19H2,1-2H3,(H,26,30)(H,27,31)/t22-/m0/s1. The number of urea groups is 1. The van der Waals surface area contributed by atoms with Crippen molar-refractivity contribution in [1.29, 1.82) is 0 Å². The van der Waals surface area contributed by atoms with Gasteiger partial charge in [-0.15, -0.1) is 0 Å². The molecule has 1 heterocycles. The molecule has 31 heavy (non-hydrogen) atoms. The molecule has 1 atom stereocenters. The second-order valence-corrected chi connectivity index (χ2v) is 8.03. The van der Waals surface area contributed by atoms with E-state index in [4.69, 9.17) is 0 Å². The van der Waals surface area contributed by atoms with Crippen molar-refractivity contribution in [2.45, 2.75) is 39.8 Å². The van der Waals surface area contributed by atoms with Crippen LogP contribution in [0.1, 0.15) is 37.8 Å². The number of benzene rings is 2. The van der Waals surface area contributed by atoms with Gasteiger partial charge in [-0.05, 0) is 49.2 Å². The van der Waals surface area contributed by atoms with Gasteiger partial charge in [0, 0.05) is 31.9 Å². The second-order valence-electron chi connectivity index (χ2n) is 8.03. The summed E-state index contributed by atoms with van der Waals surface area (Å²) in [5.41, 5.74) is 3.17. The van der Waals surface area contributed by atoms with Crippen LogP contribution in [0.15, 0.2) is 54.6 Å². The van der Waals surface area contributed by atoms with E-state index in [9.17, 15) is 9.59 Å². The van der Waals surface area contributed by atoms with Gasteiger partial charge in [0.1, 0.15) is 0 Å². The number of hydrogen-bond acceptors (Lipinski definition) is 3. The van der Waals surface area contributed by atoms with Gasteiger partial charge in [0.15, 0.2) is 0 Å². The Balaban J connectivity index is 1.54. The van der Waals surface area contributed by atoms with Gasteiger partial charge in [-0.1, -0.05) is 56.3 Å². The van der Waals surface area contributed by atoms with Crippen LogP contribution in [0.5, 0.6) is 0 Å². The number of carbonyl (C=O) groups excluding carboxylic acids is 2. The number of nitrogens with one attached hydrogen (secondary N) is 2. The van der Waals surface area contributed by atoms with Crippen molar-refractivity contribution in [2.75, 3.05) is 31.5 Å². The van der Waals surface area contributed by atoms with Gasteiger partial charge in [0.25, 0.3) is 0 Å². The lowest BCUT2D eigenvalue weighted by atomic mass is 9.97. The normalized spacial score (nSPS) is 16.2. The predicted molar refractivity (Wildman–Crippen MR) is 125 cm³/mol. The molecule has 1 saturated heterocycles. The third kappa shape index (κ3) is 6.56. The van der Waals surface area contributed by atoms with E-state index in [0.717, 1.165) is 43.7 Å². The molecular weight excluding hydrogens is 388 g/mol. The Bertz CT molecular complexity index is 852. The molecule has 0 bridgehead atoms. The largest absolute Gasteiger partial charge is 0.352 e. The number of hydrogen-bond donors (Lipinski definition) is 2. The summed E-state index contributed by atoms with van der Waals surface area (Å²) in [5, 5.41) is 6.03. The molecule has 0 unspecified atom stereocenters. The van der Waals surface area contributed by atoms with Crippen molar-refractivity contribution >= 4 is 17.6 Å². The van der Waals surface area contributed by atoms with Crippen molar-refractivity contribution in [3.05, 3.63) is 65.7 Å². The molecule has 0 saturated carbocycles. The summed E-state index contributed by atoms with van der Waals surface area (Å²) in [7, 11) is 0. The molecule has 2 aromatic rings. The molecule has 1 aliphatic heterocycles. The van der Waals surface area contributed by atoms with Crippen LogP contribution in [0.25, 0.3) is 0 Å². The molecule has 0 aromatic heterocycles. The zero-order valence-electron chi connectivity index (χ0n) is 18.6. The first-order valence-corrected chi connectivity index (χ1v) is 11.3. The van der Waals surface area contributed by atoms with Gasteiger partial charge < -0.3 is 15.5 Å². The molecular formula is C25H34N4O2. The van der Waals surface area contributed by atoms with E-state index < -0.39 is 0 Å². The average molecular weight is 423 g/mol. The lowest BCUT2D eigenvalue weighted by Gasteiger charge is -2.32. The van der Waals surface area contributed by atoms with E-state index in [1.807, 2.05) is 36.4 Å². The Morgan fingerprint density at radius 1 is 1.00 bits per heavy atom. The summed E-state index contributed by atoms with van der Waals surface area (Å²) in [6.07, 6.45) is 1.64. The number of para-hydroxylation sites is 1. The molecule has 6 heteroatoms. The SMILES string of the molecule is CCN(CC)Cc1ccccc1CNC(=O)[C@H]1CCCN(C(=O)Nc2ccccc2)C1. The molecule has 3 amide bonds. The highest BCUT2D eigenvalue weighted by atomic mass is 16.2. The molecule has 0 spiro atoms. The van der Waals surface area contributed by atoms with Gasteiger partial charge in [-0.25, -0.2) is 4.79 Å². The van der Waals surface area contributed by atoms with Crippen molar-refractivity contribution in [1.82, 2.24) is 15.1 Å². The fraction of sp³-hybridized carbons (Fsp3) is 0.440.